The summed E-state index contributed by atoms with van der Waals surface area (Å²) in [6.45, 7) is 5.74. The smallest absolute Gasteiger partial charge is 0.245 e. The quantitative estimate of drug-likeness (QED) is 0.608. The molecule has 2 heterocycles. The SMILES string of the molecule is Cc1cc(C(F)(F)F)cc2[c]cc(-c3nc(C(C)C)cs3)nc12. The zero-order chi connectivity index (χ0) is 16.8. The number of halogens is 3. The van der Waals surface area contributed by atoms with E-state index in [-0.39, 0.29) is 0 Å². The Hall–Kier alpha value is -1.95. The first-order chi connectivity index (χ1) is 10.8. The molecular weight excluding hydrogens is 321 g/mol. The Bertz CT molecular complexity index is 866. The molecule has 0 atom stereocenters. The fourth-order valence-corrected chi connectivity index (χ4v) is 3.22. The number of rotatable bonds is 2. The van der Waals surface area contributed by atoms with E-state index >= 15 is 0 Å². The third-order valence-corrected chi connectivity index (χ3v) is 4.44. The molecule has 0 aliphatic rings. The van der Waals surface area contributed by atoms with Crippen LogP contribution in [0.3, 0.4) is 0 Å². The molecule has 0 aliphatic carbocycles. The molecule has 1 radical (unpaired) electrons. The molecule has 3 aromatic rings. The van der Waals surface area contributed by atoms with Crippen molar-refractivity contribution in [3.8, 4) is 10.7 Å². The average molecular weight is 335 g/mol. The zero-order valence-corrected chi connectivity index (χ0v) is 13.6. The molecule has 119 valence electrons. The third kappa shape index (κ3) is 3.08. The number of alkyl halides is 3. The van der Waals surface area contributed by atoms with Crippen molar-refractivity contribution in [3.63, 3.8) is 0 Å². The van der Waals surface area contributed by atoms with Crippen molar-refractivity contribution >= 4 is 22.2 Å². The van der Waals surface area contributed by atoms with E-state index in [9.17, 15) is 13.2 Å². The van der Waals surface area contributed by atoms with E-state index in [4.69, 9.17) is 0 Å². The molecule has 0 saturated carbocycles. The van der Waals surface area contributed by atoms with E-state index in [0.29, 0.717) is 28.1 Å². The largest absolute Gasteiger partial charge is 0.416 e. The molecule has 0 N–H and O–H groups in total. The van der Waals surface area contributed by atoms with Crippen molar-refractivity contribution in [1.29, 1.82) is 0 Å². The molecule has 1 aromatic carbocycles. The van der Waals surface area contributed by atoms with Gasteiger partial charge >= 0.3 is 6.18 Å². The molecule has 0 bridgehead atoms. The summed E-state index contributed by atoms with van der Waals surface area (Å²) in [6.07, 6.45) is -4.37. The van der Waals surface area contributed by atoms with E-state index in [0.717, 1.165) is 22.8 Å². The summed E-state index contributed by atoms with van der Waals surface area (Å²) in [5.41, 5.74) is 1.95. The fraction of sp³-hybridized carbons (Fsp3) is 0.294. The van der Waals surface area contributed by atoms with Crippen LogP contribution in [0.5, 0.6) is 0 Å². The van der Waals surface area contributed by atoms with Gasteiger partial charge in [0, 0.05) is 10.8 Å². The van der Waals surface area contributed by atoms with Gasteiger partial charge in [-0.3, -0.25) is 0 Å². The molecule has 2 aromatic heterocycles. The van der Waals surface area contributed by atoms with E-state index in [1.165, 1.54) is 11.3 Å². The molecule has 0 fully saturated rings. The lowest BCUT2D eigenvalue weighted by Gasteiger charge is -2.10. The average Bonchev–Trinajstić information content (AvgIpc) is 2.96. The lowest BCUT2D eigenvalue weighted by molar-refractivity contribution is -0.137. The molecule has 2 nitrogen and oxygen atoms in total. The highest BCUT2D eigenvalue weighted by Gasteiger charge is 2.31. The van der Waals surface area contributed by atoms with Crippen molar-refractivity contribution in [2.24, 2.45) is 0 Å². The number of fused-ring (bicyclic) bond motifs is 1. The van der Waals surface area contributed by atoms with Gasteiger partial charge in [0.2, 0.25) is 0 Å². The van der Waals surface area contributed by atoms with Crippen molar-refractivity contribution in [2.75, 3.05) is 0 Å². The van der Waals surface area contributed by atoms with Crippen molar-refractivity contribution < 1.29 is 13.2 Å². The number of nitrogens with zero attached hydrogens (tertiary/aromatic N) is 2. The Labute approximate surface area is 136 Å². The second-order valence-electron chi connectivity index (χ2n) is 5.71. The Morgan fingerprint density at radius 2 is 1.91 bits per heavy atom. The summed E-state index contributed by atoms with van der Waals surface area (Å²) in [4.78, 5) is 9.02. The summed E-state index contributed by atoms with van der Waals surface area (Å²) in [5.74, 6) is 0.320. The minimum absolute atomic E-state index is 0.320. The van der Waals surface area contributed by atoms with Gasteiger partial charge in [0.15, 0.2) is 0 Å². The van der Waals surface area contributed by atoms with Gasteiger partial charge in [0.1, 0.15) is 10.7 Å². The number of hydrogen-bond acceptors (Lipinski definition) is 3. The number of hydrogen-bond donors (Lipinski definition) is 0. The summed E-state index contributed by atoms with van der Waals surface area (Å²) in [5, 5.41) is 3.10. The van der Waals surface area contributed by atoms with Crippen molar-refractivity contribution in [2.45, 2.75) is 32.9 Å². The fourth-order valence-electron chi connectivity index (χ4n) is 2.28. The van der Waals surface area contributed by atoms with E-state index in [2.05, 4.69) is 29.9 Å². The number of benzene rings is 1. The maximum atomic E-state index is 12.9. The topological polar surface area (TPSA) is 25.8 Å². The number of pyridine rings is 1. The van der Waals surface area contributed by atoms with Gasteiger partial charge in [-0.05, 0) is 42.7 Å². The first-order valence-corrected chi connectivity index (χ1v) is 7.99. The minimum Gasteiger partial charge on any atom is -0.245 e. The summed E-state index contributed by atoms with van der Waals surface area (Å²) < 4.78 is 38.6. The van der Waals surface area contributed by atoms with E-state index < -0.39 is 11.7 Å². The predicted molar refractivity (Wildman–Crippen MR) is 85.5 cm³/mol. The van der Waals surface area contributed by atoms with Gasteiger partial charge in [-0.1, -0.05) is 13.8 Å². The first-order valence-electron chi connectivity index (χ1n) is 7.12. The number of thiazole rings is 1. The predicted octanol–water partition coefficient (Wildman–Crippen LogP) is 5.61. The third-order valence-electron chi connectivity index (χ3n) is 3.56. The Morgan fingerprint density at radius 3 is 2.52 bits per heavy atom. The van der Waals surface area contributed by atoms with Crippen LogP contribution in [0.25, 0.3) is 21.6 Å². The van der Waals surface area contributed by atoms with Gasteiger partial charge < -0.3 is 0 Å². The van der Waals surface area contributed by atoms with E-state index in [1.807, 2.05) is 5.38 Å². The molecule has 23 heavy (non-hydrogen) atoms. The van der Waals surface area contributed by atoms with Crippen LogP contribution in [0, 0.1) is 13.0 Å². The van der Waals surface area contributed by atoms with Gasteiger partial charge in [0.25, 0.3) is 0 Å². The molecule has 0 saturated heterocycles. The van der Waals surface area contributed by atoms with Crippen molar-refractivity contribution in [3.05, 3.63) is 46.5 Å². The van der Waals surface area contributed by atoms with E-state index in [1.54, 1.807) is 13.0 Å². The molecule has 3 rings (SSSR count). The van der Waals surface area contributed by atoms with Crippen LogP contribution in [0.4, 0.5) is 13.2 Å². The molecule has 6 heteroatoms. The number of aryl methyl sites for hydroxylation is 1. The molecule has 0 unspecified atom stereocenters. The Morgan fingerprint density at radius 1 is 1.17 bits per heavy atom. The van der Waals surface area contributed by atoms with Gasteiger partial charge in [0.05, 0.1) is 16.8 Å². The monoisotopic (exact) mass is 335 g/mol. The zero-order valence-electron chi connectivity index (χ0n) is 12.8. The highest BCUT2D eigenvalue weighted by atomic mass is 32.1. The highest BCUT2D eigenvalue weighted by molar-refractivity contribution is 7.13. The summed E-state index contributed by atoms with van der Waals surface area (Å²) in [7, 11) is 0. The molecule has 0 amide bonds. The van der Waals surface area contributed by atoms with Gasteiger partial charge in [-0.2, -0.15) is 13.2 Å². The van der Waals surface area contributed by atoms with Crippen molar-refractivity contribution in [1.82, 2.24) is 9.97 Å². The molecule has 0 aliphatic heterocycles. The van der Waals surface area contributed by atoms with Crippen LogP contribution < -0.4 is 0 Å². The standard InChI is InChI=1S/C17H14F3N2S/c1-9(2)14-8-23-16(22-14)13-5-4-11-7-12(17(18,19)20)6-10(3)15(11)21-13/h5-9H,1-3H3. The maximum Gasteiger partial charge on any atom is 0.416 e. The van der Waals surface area contributed by atoms with Crippen LogP contribution in [-0.4, -0.2) is 9.97 Å². The summed E-state index contributed by atoms with van der Waals surface area (Å²) in [6, 6.07) is 6.72. The summed E-state index contributed by atoms with van der Waals surface area (Å²) >= 11 is 1.48. The van der Waals surface area contributed by atoms with Crippen LogP contribution in [0.1, 0.15) is 36.6 Å². The second kappa shape index (κ2) is 5.60. The van der Waals surface area contributed by atoms with Gasteiger partial charge in [-0.25, -0.2) is 9.97 Å². The lowest BCUT2D eigenvalue weighted by Crippen LogP contribution is -2.05. The van der Waals surface area contributed by atoms with Crippen LogP contribution in [0.2, 0.25) is 0 Å². The number of aromatic nitrogens is 2. The molecular formula is C17H14F3N2S. The van der Waals surface area contributed by atoms with Crippen LogP contribution in [0.15, 0.2) is 23.6 Å². The normalized spacial score (nSPS) is 12.3. The first kappa shape index (κ1) is 15.9. The van der Waals surface area contributed by atoms with Gasteiger partial charge in [-0.15, -0.1) is 11.3 Å². The minimum atomic E-state index is -4.37. The van der Waals surface area contributed by atoms with Crippen LogP contribution in [-0.2, 0) is 6.18 Å². The lowest BCUT2D eigenvalue weighted by atomic mass is 10.1. The highest BCUT2D eigenvalue weighted by Crippen LogP contribution is 2.34. The Balaban J connectivity index is 2.10. The maximum absolute atomic E-state index is 12.9. The Kier molecular flexibility index (Phi) is 3.88. The van der Waals surface area contributed by atoms with Crippen LogP contribution >= 0.6 is 11.3 Å². The second-order valence-corrected chi connectivity index (χ2v) is 6.56. The molecule has 0 spiro atoms.